The second kappa shape index (κ2) is 4.07. The monoisotopic (exact) mass is 245 g/mol. The highest BCUT2D eigenvalue weighted by atomic mass is 16.2. The van der Waals surface area contributed by atoms with Gasteiger partial charge in [-0.3, -0.25) is 9.69 Å². The number of benzene rings is 1. The van der Waals surface area contributed by atoms with Gasteiger partial charge < -0.3 is 10.6 Å². The number of nitrogens with two attached hydrogens (primary N) is 1. The number of nitrogens with zero attached hydrogens (tertiary/aromatic N) is 2. The first-order valence-corrected chi connectivity index (χ1v) is 6.47. The second-order valence-electron chi connectivity index (χ2n) is 5.49. The number of carbonyl (C=O) groups excluding carboxylic acids is 1. The Morgan fingerprint density at radius 3 is 2.72 bits per heavy atom. The number of piperazine rings is 1. The smallest absolute Gasteiger partial charge is 0.241 e. The topological polar surface area (TPSA) is 49.6 Å². The Bertz CT molecular complexity index is 482. The second-order valence-corrected chi connectivity index (χ2v) is 5.49. The molecule has 2 N–H and O–H groups in total. The summed E-state index contributed by atoms with van der Waals surface area (Å²) in [6.45, 7) is 2.18. The molecule has 1 amide bonds. The molecule has 1 heterocycles. The Kier molecular flexibility index (Phi) is 2.64. The third-order valence-electron chi connectivity index (χ3n) is 3.93. The summed E-state index contributed by atoms with van der Waals surface area (Å²) in [6, 6.07) is 8.15. The normalized spacial score (nSPS) is 23.2. The van der Waals surface area contributed by atoms with Crippen LogP contribution in [0.4, 0.5) is 5.69 Å². The number of amides is 1. The van der Waals surface area contributed by atoms with Gasteiger partial charge >= 0.3 is 0 Å². The largest absolute Gasteiger partial charge is 0.321 e. The van der Waals surface area contributed by atoms with E-state index in [9.17, 15) is 4.79 Å². The maximum atomic E-state index is 12.0. The minimum Gasteiger partial charge on any atom is -0.321 e. The van der Waals surface area contributed by atoms with E-state index in [0.717, 1.165) is 37.2 Å². The van der Waals surface area contributed by atoms with Crippen molar-refractivity contribution >= 4 is 11.6 Å². The fraction of sp³-hybridized carbons (Fsp3) is 0.500. The van der Waals surface area contributed by atoms with Gasteiger partial charge in [0, 0.05) is 24.3 Å². The molecule has 0 radical (unpaired) electrons. The molecule has 1 aliphatic carbocycles. The minimum atomic E-state index is -0.133. The van der Waals surface area contributed by atoms with E-state index in [2.05, 4.69) is 12.1 Å². The lowest BCUT2D eigenvalue weighted by Gasteiger charge is -2.32. The van der Waals surface area contributed by atoms with E-state index < -0.39 is 0 Å². The summed E-state index contributed by atoms with van der Waals surface area (Å²) in [5.74, 6) is 0.169. The molecule has 0 unspecified atom stereocenters. The van der Waals surface area contributed by atoms with Gasteiger partial charge in [0.05, 0.1) is 6.54 Å². The Labute approximate surface area is 107 Å². The van der Waals surface area contributed by atoms with Gasteiger partial charge in [-0.05, 0) is 37.6 Å². The number of rotatable bonds is 2. The number of hydrogen-bond acceptors (Lipinski definition) is 3. The molecule has 1 aliphatic heterocycles. The van der Waals surface area contributed by atoms with Crippen molar-refractivity contribution in [1.82, 2.24) is 4.90 Å². The van der Waals surface area contributed by atoms with Crippen molar-refractivity contribution in [2.75, 3.05) is 31.6 Å². The van der Waals surface area contributed by atoms with Crippen LogP contribution in [-0.4, -0.2) is 37.5 Å². The van der Waals surface area contributed by atoms with Crippen LogP contribution in [-0.2, 0) is 10.3 Å². The summed E-state index contributed by atoms with van der Waals surface area (Å²) in [5, 5.41) is 0. The Morgan fingerprint density at radius 2 is 2.06 bits per heavy atom. The molecule has 2 fully saturated rings. The highest BCUT2D eigenvalue weighted by molar-refractivity contribution is 5.95. The van der Waals surface area contributed by atoms with Gasteiger partial charge in [0.25, 0.3) is 0 Å². The first-order valence-electron chi connectivity index (χ1n) is 6.47. The summed E-state index contributed by atoms with van der Waals surface area (Å²) < 4.78 is 0. The molecule has 0 atom stereocenters. The first-order chi connectivity index (χ1) is 8.58. The van der Waals surface area contributed by atoms with E-state index in [0.29, 0.717) is 6.54 Å². The zero-order chi connectivity index (χ0) is 12.8. The lowest BCUT2D eigenvalue weighted by Crippen LogP contribution is -2.49. The Morgan fingerprint density at radius 1 is 1.28 bits per heavy atom. The molecular weight excluding hydrogens is 226 g/mol. The van der Waals surface area contributed by atoms with Crippen molar-refractivity contribution in [3.05, 3.63) is 29.8 Å². The molecule has 0 spiro atoms. The van der Waals surface area contributed by atoms with Crippen molar-refractivity contribution in [1.29, 1.82) is 0 Å². The zero-order valence-electron chi connectivity index (χ0n) is 10.7. The van der Waals surface area contributed by atoms with E-state index in [1.54, 1.807) is 0 Å². The summed E-state index contributed by atoms with van der Waals surface area (Å²) in [6.07, 6.45) is 2.10. The summed E-state index contributed by atoms with van der Waals surface area (Å²) >= 11 is 0. The molecule has 1 saturated heterocycles. The van der Waals surface area contributed by atoms with Crippen molar-refractivity contribution in [2.24, 2.45) is 5.73 Å². The van der Waals surface area contributed by atoms with Gasteiger partial charge in [-0.1, -0.05) is 12.1 Å². The molecule has 0 bridgehead atoms. The van der Waals surface area contributed by atoms with Crippen LogP contribution in [0.5, 0.6) is 0 Å². The number of hydrogen-bond donors (Lipinski definition) is 1. The maximum absolute atomic E-state index is 12.0. The minimum absolute atomic E-state index is 0.133. The van der Waals surface area contributed by atoms with Crippen LogP contribution < -0.4 is 10.6 Å². The van der Waals surface area contributed by atoms with Crippen molar-refractivity contribution in [2.45, 2.75) is 18.4 Å². The molecule has 96 valence electrons. The molecule has 2 aliphatic rings. The van der Waals surface area contributed by atoms with E-state index in [1.807, 2.05) is 29.0 Å². The van der Waals surface area contributed by atoms with Crippen LogP contribution in [0, 0.1) is 0 Å². The molecule has 4 nitrogen and oxygen atoms in total. The van der Waals surface area contributed by atoms with Gasteiger partial charge in [0.15, 0.2) is 0 Å². The first kappa shape index (κ1) is 11.7. The highest BCUT2D eigenvalue weighted by Crippen LogP contribution is 2.43. The number of carbonyl (C=O) groups is 1. The van der Waals surface area contributed by atoms with Crippen LogP contribution >= 0.6 is 0 Å². The lowest BCUT2D eigenvalue weighted by molar-refractivity contribution is -0.120. The molecule has 1 aromatic rings. The maximum Gasteiger partial charge on any atom is 0.241 e. The molecule has 18 heavy (non-hydrogen) atoms. The van der Waals surface area contributed by atoms with Crippen LogP contribution in [0.2, 0.25) is 0 Å². The third kappa shape index (κ3) is 2.02. The van der Waals surface area contributed by atoms with Gasteiger partial charge in [-0.2, -0.15) is 0 Å². The van der Waals surface area contributed by atoms with Crippen molar-refractivity contribution in [3.8, 4) is 0 Å². The SMILES string of the molecule is CN1CCN(c2cccc(C3(N)CC3)c2)C(=O)C1. The molecule has 0 aromatic heterocycles. The van der Waals surface area contributed by atoms with Crippen molar-refractivity contribution in [3.63, 3.8) is 0 Å². The fourth-order valence-corrected chi connectivity index (χ4v) is 2.47. The predicted molar refractivity (Wildman–Crippen MR) is 71.4 cm³/mol. The molecule has 3 rings (SSSR count). The quantitative estimate of drug-likeness (QED) is 0.842. The van der Waals surface area contributed by atoms with Gasteiger partial charge in [-0.15, -0.1) is 0 Å². The summed E-state index contributed by atoms with van der Waals surface area (Å²) in [4.78, 5) is 16.0. The molecule has 4 heteroatoms. The van der Waals surface area contributed by atoms with E-state index in [4.69, 9.17) is 5.73 Å². The average molecular weight is 245 g/mol. The van der Waals surface area contributed by atoms with Gasteiger partial charge in [-0.25, -0.2) is 0 Å². The Hall–Kier alpha value is -1.39. The fourth-order valence-electron chi connectivity index (χ4n) is 2.47. The summed E-state index contributed by atoms with van der Waals surface area (Å²) in [7, 11) is 1.98. The standard InChI is InChI=1S/C14H19N3O/c1-16-7-8-17(13(18)10-16)12-4-2-3-11(9-12)14(15)5-6-14/h2-4,9H,5-8,10,15H2,1H3. The van der Waals surface area contributed by atoms with Crippen LogP contribution in [0.3, 0.4) is 0 Å². The van der Waals surface area contributed by atoms with Gasteiger partial charge in [0.1, 0.15) is 0 Å². The average Bonchev–Trinajstić information content (AvgIpc) is 3.09. The lowest BCUT2D eigenvalue weighted by atomic mass is 10.0. The molecule has 1 aromatic carbocycles. The summed E-state index contributed by atoms with van der Waals surface area (Å²) in [5.41, 5.74) is 8.23. The molecular formula is C14H19N3O. The zero-order valence-corrected chi connectivity index (χ0v) is 10.7. The Balaban J connectivity index is 1.86. The van der Waals surface area contributed by atoms with Gasteiger partial charge in [0.2, 0.25) is 5.91 Å². The molecule has 1 saturated carbocycles. The van der Waals surface area contributed by atoms with Crippen LogP contribution in [0.1, 0.15) is 18.4 Å². The van der Waals surface area contributed by atoms with Crippen molar-refractivity contribution < 1.29 is 4.79 Å². The predicted octanol–water partition coefficient (Wildman–Crippen LogP) is 0.913. The van der Waals surface area contributed by atoms with E-state index in [-0.39, 0.29) is 11.4 Å². The number of likely N-dealkylation sites (N-methyl/N-ethyl adjacent to an activating group) is 1. The van der Waals surface area contributed by atoms with E-state index >= 15 is 0 Å². The van der Waals surface area contributed by atoms with Crippen LogP contribution in [0.25, 0.3) is 0 Å². The number of anilines is 1. The third-order valence-corrected chi connectivity index (χ3v) is 3.93. The van der Waals surface area contributed by atoms with E-state index in [1.165, 1.54) is 0 Å². The van der Waals surface area contributed by atoms with Crippen LogP contribution in [0.15, 0.2) is 24.3 Å². The highest BCUT2D eigenvalue weighted by Gasteiger charge is 2.40.